The maximum atomic E-state index is 12.4. The van der Waals surface area contributed by atoms with Gasteiger partial charge >= 0.3 is 0 Å². The van der Waals surface area contributed by atoms with Crippen molar-refractivity contribution in [3.63, 3.8) is 0 Å². The fourth-order valence-corrected chi connectivity index (χ4v) is 2.29. The van der Waals surface area contributed by atoms with Crippen molar-refractivity contribution in [3.8, 4) is 6.07 Å². The topological polar surface area (TPSA) is 44.1 Å². The first-order valence-corrected chi connectivity index (χ1v) is 6.83. The minimum absolute atomic E-state index is 0.0768. The number of hydrogen-bond acceptors (Lipinski definition) is 2. The summed E-state index contributed by atoms with van der Waals surface area (Å²) in [6.07, 6.45) is 0. The summed E-state index contributed by atoms with van der Waals surface area (Å²) in [6.45, 7) is 4.66. The first-order valence-electron chi connectivity index (χ1n) is 6.83. The molecule has 3 heteroatoms. The molecule has 0 unspecified atom stereocenters. The van der Waals surface area contributed by atoms with E-state index in [2.05, 4.69) is 38.1 Å². The Morgan fingerprint density at radius 2 is 1.95 bits per heavy atom. The van der Waals surface area contributed by atoms with Crippen LogP contribution in [0, 0.1) is 25.2 Å². The third-order valence-electron chi connectivity index (χ3n) is 3.49. The lowest BCUT2D eigenvalue weighted by Gasteiger charge is -2.19. The van der Waals surface area contributed by atoms with Crippen molar-refractivity contribution >= 4 is 5.91 Å². The van der Waals surface area contributed by atoms with E-state index in [1.165, 1.54) is 11.1 Å². The van der Waals surface area contributed by atoms with E-state index in [4.69, 9.17) is 5.26 Å². The number of nitrogens with zero attached hydrogens (tertiary/aromatic N) is 2. The molecule has 0 aliphatic carbocycles. The van der Waals surface area contributed by atoms with E-state index in [0.717, 1.165) is 5.56 Å². The van der Waals surface area contributed by atoms with Gasteiger partial charge < -0.3 is 4.90 Å². The quantitative estimate of drug-likeness (QED) is 0.863. The summed E-state index contributed by atoms with van der Waals surface area (Å²) in [5, 5.41) is 8.91. The highest BCUT2D eigenvalue weighted by atomic mass is 16.2. The van der Waals surface area contributed by atoms with Crippen LogP contribution >= 0.6 is 0 Å². The maximum Gasteiger partial charge on any atom is 0.253 e. The molecule has 106 valence electrons. The molecule has 0 aromatic heterocycles. The summed E-state index contributed by atoms with van der Waals surface area (Å²) in [5.74, 6) is -0.0768. The van der Waals surface area contributed by atoms with Crippen LogP contribution in [0.1, 0.15) is 32.6 Å². The van der Waals surface area contributed by atoms with Gasteiger partial charge in [0.25, 0.3) is 5.91 Å². The average molecular weight is 278 g/mol. The fourth-order valence-electron chi connectivity index (χ4n) is 2.29. The number of nitriles is 1. The molecule has 2 aromatic rings. The van der Waals surface area contributed by atoms with E-state index in [1.54, 1.807) is 36.2 Å². The van der Waals surface area contributed by atoms with Crippen molar-refractivity contribution in [2.24, 2.45) is 0 Å². The van der Waals surface area contributed by atoms with Gasteiger partial charge in [0.2, 0.25) is 0 Å². The van der Waals surface area contributed by atoms with Gasteiger partial charge in [0.15, 0.2) is 0 Å². The second-order valence-corrected chi connectivity index (χ2v) is 5.28. The van der Waals surface area contributed by atoms with E-state index < -0.39 is 0 Å². The number of carbonyl (C=O) groups is 1. The molecular formula is C18H18N2O. The average Bonchev–Trinajstić information content (AvgIpc) is 2.49. The van der Waals surface area contributed by atoms with Gasteiger partial charge in [0.05, 0.1) is 11.6 Å². The standard InChI is InChI=1S/C18H18N2O/c1-13-7-8-17(14(2)9-13)12-20(3)18(21)16-6-4-5-15(10-16)11-19/h4-10H,12H2,1-3H3. The predicted octanol–water partition coefficient (Wildman–Crippen LogP) is 3.45. The predicted molar refractivity (Wildman–Crippen MR) is 82.9 cm³/mol. The Balaban J connectivity index is 2.17. The van der Waals surface area contributed by atoms with Crippen LogP contribution in [-0.4, -0.2) is 17.9 Å². The van der Waals surface area contributed by atoms with Gasteiger partial charge in [-0.3, -0.25) is 4.79 Å². The zero-order valence-electron chi connectivity index (χ0n) is 12.6. The molecule has 0 saturated heterocycles. The molecule has 0 fully saturated rings. The van der Waals surface area contributed by atoms with Crippen molar-refractivity contribution in [2.45, 2.75) is 20.4 Å². The first-order chi connectivity index (χ1) is 10.0. The van der Waals surface area contributed by atoms with Gasteiger partial charge in [0, 0.05) is 19.2 Å². The molecule has 1 amide bonds. The molecule has 0 bridgehead atoms. The van der Waals surface area contributed by atoms with E-state index >= 15 is 0 Å². The van der Waals surface area contributed by atoms with Crippen LogP contribution in [0.25, 0.3) is 0 Å². The highest BCUT2D eigenvalue weighted by molar-refractivity contribution is 5.94. The van der Waals surface area contributed by atoms with E-state index in [1.807, 2.05) is 0 Å². The van der Waals surface area contributed by atoms with Crippen LogP contribution in [-0.2, 0) is 6.54 Å². The molecule has 0 aliphatic rings. The second kappa shape index (κ2) is 6.23. The van der Waals surface area contributed by atoms with Gasteiger partial charge in [-0.05, 0) is 43.2 Å². The Morgan fingerprint density at radius 3 is 2.62 bits per heavy atom. The molecule has 0 N–H and O–H groups in total. The van der Waals surface area contributed by atoms with Crippen molar-refractivity contribution in [2.75, 3.05) is 7.05 Å². The third-order valence-corrected chi connectivity index (χ3v) is 3.49. The molecule has 2 rings (SSSR count). The van der Waals surface area contributed by atoms with Crippen molar-refractivity contribution < 1.29 is 4.79 Å². The van der Waals surface area contributed by atoms with E-state index in [-0.39, 0.29) is 5.91 Å². The molecule has 21 heavy (non-hydrogen) atoms. The maximum absolute atomic E-state index is 12.4. The van der Waals surface area contributed by atoms with Crippen LogP contribution in [0.4, 0.5) is 0 Å². The Hall–Kier alpha value is -2.60. The lowest BCUT2D eigenvalue weighted by atomic mass is 10.0. The highest BCUT2D eigenvalue weighted by Gasteiger charge is 2.13. The number of rotatable bonds is 3. The summed E-state index contributed by atoms with van der Waals surface area (Å²) in [4.78, 5) is 14.1. The van der Waals surface area contributed by atoms with Crippen LogP contribution in [0.5, 0.6) is 0 Å². The zero-order chi connectivity index (χ0) is 15.4. The normalized spacial score (nSPS) is 10.0. The fraction of sp³-hybridized carbons (Fsp3) is 0.222. The van der Waals surface area contributed by atoms with E-state index in [0.29, 0.717) is 17.7 Å². The molecule has 0 spiro atoms. The van der Waals surface area contributed by atoms with Gasteiger partial charge in [0.1, 0.15) is 0 Å². The number of benzene rings is 2. The number of hydrogen-bond donors (Lipinski definition) is 0. The van der Waals surface area contributed by atoms with Crippen molar-refractivity contribution in [1.82, 2.24) is 4.90 Å². The SMILES string of the molecule is Cc1ccc(CN(C)C(=O)c2cccc(C#N)c2)c(C)c1. The summed E-state index contributed by atoms with van der Waals surface area (Å²) in [7, 11) is 1.78. The molecule has 0 heterocycles. The van der Waals surface area contributed by atoms with Gasteiger partial charge in [-0.1, -0.05) is 29.8 Å². The minimum Gasteiger partial charge on any atom is -0.337 e. The van der Waals surface area contributed by atoms with Crippen LogP contribution in [0.2, 0.25) is 0 Å². The smallest absolute Gasteiger partial charge is 0.253 e. The summed E-state index contributed by atoms with van der Waals surface area (Å²) >= 11 is 0. The number of aryl methyl sites for hydroxylation is 2. The minimum atomic E-state index is -0.0768. The van der Waals surface area contributed by atoms with Crippen molar-refractivity contribution in [3.05, 3.63) is 70.3 Å². The Bertz CT molecular complexity index is 713. The third kappa shape index (κ3) is 3.49. The lowest BCUT2D eigenvalue weighted by molar-refractivity contribution is 0.0785. The second-order valence-electron chi connectivity index (χ2n) is 5.28. The summed E-state index contributed by atoms with van der Waals surface area (Å²) < 4.78 is 0. The Kier molecular flexibility index (Phi) is 4.39. The molecule has 3 nitrogen and oxygen atoms in total. The molecular weight excluding hydrogens is 260 g/mol. The molecule has 0 aliphatic heterocycles. The molecule has 0 radical (unpaired) electrons. The van der Waals surface area contributed by atoms with Crippen LogP contribution in [0.15, 0.2) is 42.5 Å². The zero-order valence-corrected chi connectivity index (χ0v) is 12.6. The Labute approximate surface area is 125 Å². The van der Waals surface area contributed by atoms with Crippen molar-refractivity contribution in [1.29, 1.82) is 5.26 Å². The van der Waals surface area contributed by atoms with Crippen LogP contribution < -0.4 is 0 Å². The summed E-state index contributed by atoms with van der Waals surface area (Å²) in [5.41, 5.74) is 4.57. The largest absolute Gasteiger partial charge is 0.337 e. The summed E-state index contributed by atoms with van der Waals surface area (Å²) in [6, 6.07) is 15.1. The first kappa shape index (κ1) is 14.8. The number of amides is 1. The van der Waals surface area contributed by atoms with Gasteiger partial charge in [-0.25, -0.2) is 0 Å². The van der Waals surface area contributed by atoms with E-state index in [9.17, 15) is 4.79 Å². The Morgan fingerprint density at radius 1 is 1.19 bits per heavy atom. The van der Waals surface area contributed by atoms with Gasteiger partial charge in [-0.2, -0.15) is 5.26 Å². The highest BCUT2D eigenvalue weighted by Crippen LogP contribution is 2.14. The number of carbonyl (C=O) groups excluding carboxylic acids is 1. The lowest BCUT2D eigenvalue weighted by Crippen LogP contribution is -2.26. The molecule has 2 aromatic carbocycles. The molecule has 0 atom stereocenters. The van der Waals surface area contributed by atoms with Gasteiger partial charge in [-0.15, -0.1) is 0 Å². The molecule has 0 saturated carbocycles. The monoisotopic (exact) mass is 278 g/mol. The van der Waals surface area contributed by atoms with Crippen LogP contribution in [0.3, 0.4) is 0 Å².